The minimum Gasteiger partial charge on any atom is -0.258 e. The maximum Gasteiger partial charge on any atom is 0.388 e. The smallest absolute Gasteiger partial charge is 0.258 e. The van der Waals surface area contributed by atoms with Crippen molar-refractivity contribution in [3.8, 4) is 0 Å². The fourth-order valence-electron chi connectivity index (χ4n) is 2.26. The lowest BCUT2D eigenvalue weighted by Crippen LogP contribution is -2.18. The Morgan fingerprint density at radius 1 is 1.00 bits per heavy atom. The first-order valence-corrected chi connectivity index (χ1v) is 6.92. The summed E-state index contributed by atoms with van der Waals surface area (Å²) in [6.45, 7) is 0. The molecule has 20 heavy (non-hydrogen) atoms. The lowest BCUT2D eigenvalue weighted by atomic mass is 10.1. The number of aromatic nitrogens is 2. The Morgan fingerprint density at radius 2 is 1.65 bits per heavy atom. The average Bonchev–Trinajstić information content (AvgIpc) is 2.77. The van der Waals surface area contributed by atoms with Crippen LogP contribution in [0.3, 0.4) is 0 Å². The molecule has 0 saturated carbocycles. The normalized spacial score (nSPS) is 11.9. The van der Waals surface area contributed by atoms with Crippen LogP contribution in [0.15, 0.2) is 54.6 Å². The Morgan fingerprint density at radius 3 is 2.35 bits per heavy atom. The third kappa shape index (κ3) is 2.45. The summed E-state index contributed by atoms with van der Waals surface area (Å²) in [6, 6.07) is 16.4. The van der Waals surface area contributed by atoms with Gasteiger partial charge in [0.1, 0.15) is 5.82 Å². The molecular weight excluding hydrogens is 326 g/mol. The molecule has 1 heterocycles. The van der Waals surface area contributed by atoms with Gasteiger partial charge in [-0.2, -0.15) is 8.78 Å². The van der Waals surface area contributed by atoms with Crippen molar-refractivity contribution in [3.05, 3.63) is 66.0 Å². The van der Waals surface area contributed by atoms with Crippen molar-refractivity contribution >= 4 is 27.0 Å². The molecular formula is C15H11BrF2N2. The first-order valence-electron chi connectivity index (χ1n) is 6.13. The van der Waals surface area contributed by atoms with Crippen molar-refractivity contribution in [1.82, 2.24) is 9.55 Å². The molecule has 0 aliphatic rings. The van der Waals surface area contributed by atoms with E-state index >= 15 is 0 Å². The molecule has 1 aromatic heterocycles. The van der Waals surface area contributed by atoms with Crippen molar-refractivity contribution in [3.63, 3.8) is 0 Å². The molecule has 2 nitrogen and oxygen atoms in total. The summed E-state index contributed by atoms with van der Waals surface area (Å²) in [6.07, 6.45) is 0.358. The molecule has 0 atom stereocenters. The number of nitrogens with zero attached hydrogens (tertiary/aromatic N) is 2. The number of alkyl halides is 3. The molecule has 0 spiro atoms. The molecule has 0 bridgehead atoms. The number of para-hydroxylation sites is 2. The molecule has 0 aliphatic heterocycles. The number of imidazole rings is 1. The molecule has 0 amide bonds. The fourth-order valence-corrected chi connectivity index (χ4v) is 2.65. The molecule has 0 N–H and O–H groups in total. The second-order valence-corrected chi connectivity index (χ2v) is 5.44. The maximum atomic E-state index is 13.8. The highest BCUT2D eigenvalue weighted by molar-refractivity contribution is 9.09. The van der Waals surface area contributed by atoms with Gasteiger partial charge in [-0.05, 0) is 17.7 Å². The predicted octanol–water partition coefficient (Wildman–Crippen LogP) is 4.53. The highest BCUT2D eigenvalue weighted by Gasteiger charge is 2.31. The number of hydrogen-bond donors (Lipinski definition) is 0. The van der Waals surface area contributed by atoms with Gasteiger partial charge in [-0.1, -0.05) is 42.5 Å². The van der Waals surface area contributed by atoms with Gasteiger partial charge in [-0.25, -0.2) is 4.98 Å². The monoisotopic (exact) mass is 336 g/mol. The Bertz CT molecular complexity index is 732. The Labute approximate surface area is 123 Å². The number of hydrogen-bond acceptors (Lipinski definition) is 1. The van der Waals surface area contributed by atoms with Crippen LogP contribution in [0.1, 0.15) is 11.4 Å². The molecule has 2 aromatic carbocycles. The van der Waals surface area contributed by atoms with Crippen LogP contribution in [-0.4, -0.2) is 9.55 Å². The zero-order valence-corrected chi connectivity index (χ0v) is 12.0. The van der Waals surface area contributed by atoms with Gasteiger partial charge in [0.05, 0.1) is 11.0 Å². The molecule has 0 saturated heterocycles. The van der Waals surface area contributed by atoms with Crippen molar-refractivity contribution in [2.45, 2.75) is 11.4 Å². The van der Waals surface area contributed by atoms with Crippen LogP contribution in [0.25, 0.3) is 11.0 Å². The van der Waals surface area contributed by atoms with Gasteiger partial charge >= 0.3 is 4.96 Å². The van der Waals surface area contributed by atoms with Crippen LogP contribution in [0.2, 0.25) is 0 Å². The highest BCUT2D eigenvalue weighted by atomic mass is 79.9. The van der Waals surface area contributed by atoms with Gasteiger partial charge in [0, 0.05) is 22.4 Å². The second kappa shape index (κ2) is 4.98. The lowest BCUT2D eigenvalue weighted by Gasteiger charge is -2.14. The van der Waals surface area contributed by atoms with E-state index in [1.165, 1.54) is 0 Å². The predicted molar refractivity (Wildman–Crippen MR) is 78.1 cm³/mol. The van der Waals surface area contributed by atoms with E-state index in [4.69, 9.17) is 0 Å². The van der Waals surface area contributed by atoms with E-state index in [2.05, 4.69) is 20.9 Å². The van der Waals surface area contributed by atoms with Crippen LogP contribution in [-0.2, 0) is 11.4 Å². The zero-order chi connectivity index (χ0) is 14.2. The number of rotatable bonds is 3. The Kier molecular flexibility index (Phi) is 3.30. The summed E-state index contributed by atoms with van der Waals surface area (Å²) in [7, 11) is 0. The molecule has 0 radical (unpaired) electrons. The Balaban J connectivity index is 2.15. The highest BCUT2D eigenvalue weighted by Crippen LogP contribution is 2.34. The largest absolute Gasteiger partial charge is 0.388 e. The van der Waals surface area contributed by atoms with Crippen LogP contribution >= 0.6 is 15.9 Å². The molecule has 0 fully saturated rings. The van der Waals surface area contributed by atoms with E-state index in [-0.39, 0.29) is 0 Å². The Hall–Kier alpha value is -1.75. The van der Waals surface area contributed by atoms with E-state index in [1.807, 2.05) is 30.3 Å². The lowest BCUT2D eigenvalue weighted by molar-refractivity contribution is 0.0348. The third-order valence-electron chi connectivity index (χ3n) is 3.09. The topological polar surface area (TPSA) is 17.8 Å². The summed E-state index contributed by atoms with van der Waals surface area (Å²) >= 11 is 2.44. The van der Waals surface area contributed by atoms with Crippen LogP contribution in [0.4, 0.5) is 8.78 Å². The molecule has 0 aliphatic carbocycles. The summed E-state index contributed by atoms with van der Waals surface area (Å²) in [5, 5.41) is 0. The summed E-state index contributed by atoms with van der Waals surface area (Å²) in [5.74, 6) is 0.333. The SMILES string of the molecule is FC(F)(Br)n1c(Cc2ccccc2)nc2ccccc21. The summed E-state index contributed by atoms with van der Waals surface area (Å²) < 4.78 is 28.6. The number of fused-ring (bicyclic) bond motifs is 1. The minimum atomic E-state index is -3.16. The van der Waals surface area contributed by atoms with Gasteiger partial charge in [-0.3, -0.25) is 4.57 Å². The van der Waals surface area contributed by atoms with E-state index < -0.39 is 4.96 Å². The number of benzene rings is 2. The quantitative estimate of drug-likeness (QED) is 0.642. The van der Waals surface area contributed by atoms with Crippen LogP contribution < -0.4 is 0 Å². The van der Waals surface area contributed by atoms with E-state index in [1.54, 1.807) is 24.3 Å². The van der Waals surface area contributed by atoms with Crippen LogP contribution in [0, 0.1) is 0 Å². The third-order valence-corrected chi connectivity index (χ3v) is 3.44. The maximum absolute atomic E-state index is 13.8. The summed E-state index contributed by atoms with van der Waals surface area (Å²) in [5.41, 5.74) is 1.93. The van der Waals surface area contributed by atoms with Gasteiger partial charge in [0.25, 0.3) is 0 Å². The fraction of sp³-hybridized carbons (Fsp3) is 0.133. The minimum absolute atomic E-state index is 0.333. The first-order chi connectivity index (χ1) is 9.55. The van der Waals surface area contributed by atoms with Crippen LogP contribution in [0.5, 0.6) is 0 Å². The molecule has 3 rings (SSSR count). The van der Waals surface area contributed by atoms with E-state index in [9.17, 15) is 8.78 Å². The van der Waals surface area contributed by atoms with Crippen molar-refractivity contribution in [2.24, 2.45) is 0 Å². The van der Waals surface area contributed by atoms with E-state index in [0.717, 1.165) is 10.1 Å². The average molecular weight is 337 g/mol. The molecule has 3 aromatic rings. The summed E-state index contributed by atoms with van der Waals surface area (Å²) in [4.78, 5) is 1.17. The van der Waals surface area contributed by atoms with Gasteiger partial charge in [0.2, 0.25) is 0 Å². The molecule has 5 heteroatoms. The van der Waals surface area contributed by atoms with Gasteiger partial charge < -0.3 is 0 Å². The van der Waals surface area contributed by atoms with E-state index in [0.29, 0.717) is 23.3 Å². The van der Waals surface area contributed by atoms with Crippen molar-refractivity contribution in [2.75, 3.05) is 0 Å². The number of halogens is 3. The van der Waals surface area contributed by atoms with Gasteiger partial charge in [0.15, 0.2) is 0 Å². The van der Waals surface area contributed by atoms with Gasteiger partial charge in [-0.15, -0.1) is 0 Å². The molecule has 102 valence electrons. The van der Waals surface area contributed by atoms with Crippen molar-refractivity contribution < 1.29 is 8.78 Å². The zero-order valence-electron chi connectivity index (χ0n) is 10.4. The molecule has 0 unspecified atom stereocenters. The standard InChI is InChI=1S/C15H11BrF2N2/c16-15(17,18)20-13-9-5-4-8-12(13)19-14(20)10-11-6-2-1-3-7-11/h1-9H,10H2. The van der Waals surface area contributed by atoms with Crippen molar-refractivity contribution in [1.29, 1.82) is 0 Å². The first kappa shape index (κ1) is 13.2. The second-order valence-electron chi connectivity index (χ2n) is 4.48.